The van der Waals surface area contributed by atoms with Gasteiger partial charge in [-0.05, 0) is 43.3 Å². The average molecular weight is 437 g/mol. The number of para-hydroxylation sites is 1. The molecule has 9 nitrogen and oxygen atoms in total. The van der Waals surface area contributed by atoms with Gasteiger partial charge in [0.15, 0.2) is 0 Å². The largest absolute Gasteiger partial charge is 0.515 e. The second kappa shape index (κ2) is 9.61. The van der Waals surface area contributed by atoms with Crippen LogP contribution in [-0.2, 0) is 19.9 Å². The lowest BCUT2D eigenvalue weighted by molar-refractivity contribution is -0.384. The summed E-state index contributed by atoms with van der Waals surface area (Å²) in [5.74, 6) is 0.342. The van der Waals surface area contributed by atoms with Crippen molar-refractivity contribution in [2.75, 3.05) is 7.11 Å². The van der Waals surface area contributed by atoms with Gasteiger partial charge in [0.05, 0.1) is 12.0 Å². The fourth-order valence-electron chi connectivity index (χ4n) is 2.80. The molecule has 32 heavy (non-hydrogen) atoms. The summed E-state index contributed by atoms with van der Waals surface area (Å²) >= 11 is 0. The van der Waals surface area contributed by atoms with Gasteiger partial charge >= 0.3 is 12.1 Å². The molecule has 0 heterocycles. The second-order valence-electron chi connectivity index (χ2n) is 6.67. The van der Waals surface area contributed by atoms with Gasteiger partial charge in [0.1, 0.15) is 17.2 Å². The van der Waals surface area contributed by atoms with Crippen LogP contribution in [0, 0.1) is 10.1 Å². The molecule has 164 valence electrons. The van der Waals surface area contributed by atoms with Crippen molar-refractivity contribution in [3.05, 3.63) is 94.5 Å². The van der Waals surface area contributed by atoms with E-state index in [2.05, 4.69) is 0 Å². The molecular formula is C23H19NO8. The molecule has 3 aromatic rings. The minimum Gasteiger partial charge on any atom is -0.466 e. The summed E-state index contributed by atoms with van der Waals surface area (Å²) in [5.41, 5.74) is -1.65. The Bertz CT molecular complexity index is 1100. The van der Waals surface area contributed by atoms with Crippen LogP contribution in [0.4, 0.5) is 10.5 Å². The molecule has 0 spiro atoms. The quantitative estimate of drug-likeness (QED) is 0.220. The van der Waals surface area contributed by atoms with Gasteiger partial charge in [0.2, 0.25) is 5.60 Å². The number of benzene rings is 3. The van der Waals surface area contributed by atoms with Gasteiger partial charge in [0, 0.05) is 17.7 Å². The highest BCUT2D eigenvalue weighted by atomic mass is 16.7. The van der Waals surface area contributed by atoms with Crippen LogP contribution in [-0.4, -0.2) is 24.2 Å². The van der Waals surface area contributed by atoms with Gasteiger partial charge in [-0.3, -0.25) is 10.1 Å². The number of carbonyl (C=O) groups is 2. The number of hydrogen-bond acceptors (Lipinski definition) is 8. The summed E-state index contributed by atoms with van der Waals surface area (Å²) in [7, 11) is 1.17. The third kappa shape index (κ3) is 5.20. The maximum Gasteiger partial charge on any atom is 0.515 e. The first-order valence-electron chi connectivity index (χ1n) is 9.39. The number of hydrogen-bond donors (Lipinski definition) is 0. The minimum atomic E-state index is -1.81. The third-order valence-corrected chi connectivity index (χ3v) is 4.50. The molecule has 1 atom stereocenters. The van der Waals surface area contributed by atoms with Crippen molar-refractivity contribution in [1.29, 1.82) is 0 Å². The smallest absolute Gasteiger partial charge is 0.466 e. The second-order valence-corrected chi connectivity index (χ2v) is 6.67. The highest BCUT2D eigenvalue weighted by Crippen LogP contribution is 2.31. The Morgan fingerprint density at radius 1 is 0.844 bits per heavy atom. The first kappa shape index (κ1) is 22.3. The maximum atomic E-state index is 12.5. The van der Waals surface area contributed by atoms with Crippen molar-refractivity contribution in [3.8, 4) is 17.2 Å². The summed E-state index contributed by atoms with van der Waals surface area (Å²) in [4.78, 5) is 34.9. The number of ether oxygens (including phenoxy) is 4. The summed E-state index contributed by atoms with van der Waals surface area (Å²) in [6.45, 7) is 1.36. The molecule has 1 unspecified atom stereocenters. The van der Waals surface area contributed by atoms with Crippen molar-refractivity contribution in [2.45, 2.75) is 12.5 Å². The van der Waals surface area contributed by atoms with Crippen LogP contribution in [0.5, 0.6) is 17.2 Å². The van der Waals surface area contributed by atoms with Crippen LogP contribution in [0.3, 0.4) is 0 Å². The van der Waals surface area contributed by atoms with Crippen LogP contribution in [0.1, 0.15) is 12.5 Å². The Morgan fingerprint density at radius 2 is 1.41 bits per heavy atom. The van der Waals surface area contributed by atoms with Gasteiger partial charge in [-0.15, -0.1) is 0 Å². The van der Waals surface area contributed by atoms with Gasteiger partial charge in [-0.1, -0.05) is 30.3 Å². The molecule has 0 bridgehead atoms. The number of esters is 1. The van der Waals surface area contributed by atoms with Gasteiger partial charge in [-0.2, -0.15) is 0 Å². The zero-order valence-electron chi connectivity index (χ0n) is 17.2. The Hall–Kier alpha value is -4.40. The Labute approximate surface area is 183 Å². The number of rotatable bonds is 7. The van der Waals surface area contributed by atoms with E-state index in [1.807, 2.05) is 18.2 Å². The molecule has 0 radical (unpaired) electrons. The molecule has 0 aliphatic carbocycles. The van der Waals surface area contributed by atoms with Crippen molar-refractivity contribution in [1.82, 2.24) is 0 Å². The number of methoxy groups -OCH3 is 1. The van der Waals surface area contributed by atoms with E-state index in [0.717, 1.165) is 0 Å². The molecule has 0 saturated carbocycles. The molecular weight excluding hydrogens is 418 g/mol. The van der Waals surface area contributed by atoms with Crippen LogP contribution in [0.25, 0.3) is 0 Å². The van der Waals surface area contributed by atoms with E-state index in [1.165, 1.54) is 38.3 Å². The molecule has 3 rings (SSSR count). The van der Waals surface area contributed by atoms with Crippen molar-refractivity contribution in [3.63, 3.8) is 0 Å². The molecule has 0 aliphatic heterocycles. The third-order valence-electron chi connectivity index (χ3n) is 4.50. The van der Waals surface area contributed by atoms with Crippen molar-refractivity contribution in [2.24, 2.45) is 0 Å². The van der Waals surface area contributed by atoms with Gasteiger partial charge in [-0.25, -0.2) is 9.59 Å². The van der Waals surface area contributed by atoms with E-state index in [0.29, 0.717) is 17.1 Å². The standard InChI is InChI=1S/C23H19NO8/c1-23(21(25)29-2,32-22(26)31-20-14-10-17(11-15-20)24(27)28)16-8-12-19(13-9-16)30-18-6-4-3-5-7-18/h3-15H,1-2H3. The van der Waals surface area contributed by atoms with Crippen LogP contribution in [0.15, 0.2) is 78.9 Å². The zero-order chi connectivity index (χ0) is 23.1. The van der Waals surface area contributed by atoms with E-state index < -0.39 is 22.6 Å². The minimum absolute atomic E-state index is 0.0134. The molecule has 0 fully saturated rings. The first-order chi connectivity index (χ1) is 15.3. The zero-order valence-corrected chi connectivity index (χ0v) is 17.2. The van der Waals surface area contributed by atoms with E-state index in [-0.39, 0.29) is 11.4 Å². The van der Waals surface area contributed by atoms with Crippen LogP contribution >= 0.6 is 0 Å². The molecule has 0 saturated heterocycles. The number of nitrogens with zero attached hydrogens (tertiary/aromatic N) is 1. The normalized spacial score (nSPS) is 12.2. The number of non-ortho nitro benzene ring substituents is 1. The van der Waals surface area contributed by atoms with Crippen LogP contribution < -0.4 is 9.47 Å². The fourth-order valence-corrected chi connectivity index (χ4v) is 2.80. The average Bonchev–Trinajstić information content (AvgIpc) is 2.79. The van der Waals surface area contributed by atoms with E-state index >= 15 is 0 Å². The van der Waals surface area contributed by atoms with Gasteiger partial charge in [0.25, 0.3) is 5.69 Å². The monoisotopic (exact) mass is 437 g/mol. The SMILES string of the molecule is COC(=O)C(C)(OC(=O)Oc1ccc([N+](=O)[O-])cc1)c1ccc(Oc2ccccc2)cc1. The van der Waals surface area contributed by atoms with Crippen molar-refractivity contribution < 1.29 is 33.5 Å². The Kier molecular flexibility index (Phi) is 6.69. The summed E-state index contributed by atoms with van der Waals surface area (Å²) in [6, 6.07) is 20.3. The fraction of sp³-hybridized carbons (Fsp3) is 0.130. The molecule has 0 aliphatic rings. The Morgan fingerprint density at radius 3 is 1.97 bits per heavy atom. The molecule has 9 heteroatoms. The van der Waals surface area contributed by atoms with E-state index in [4.69, 9.17) is 18.9 Å². The van der Waals surface area contributed by atoms with E-state index in [1.54, 1.807) is 36.4 Å². The predicted octanol–water partition coefficient (Wildman–Crippen LogP) is 4.99. The van der Waals surface area contributed by atoms with Crippen molar-refractivity contribution >= 4 is 17.8 Å². The Balaban J connectivity index is 1.76. The summed E-state index contributed by atoms with van der Waals surface area (Å²) < 4.78 is 20.9. The highest BCUT2D eigenvalue weighted by molar-refractivity contribution is 5.83. The predicted molar refractivity (Wildman–Crippen MR) is 113 cm³/mol. The number of nitro groups is 1. The van der Waals surface area contributed by atoms with Gasteiger partial charge < -0.3 is 18.9 Å². The molecule has 0 N–H and O–H groups in total. The lowest BCUT2D eigenvalue weighted by atomic mass is 9.96. The van der Waals surface area contributed by atoms with E-state index in [9.17, 15) is 19.7 Å². The number of carbonyl (C=O) groups excluding carboxylic acids is 2. The maximum absolute atomic E-state index is 12.5. The summed E-state index contributed by atoms with van der Waals surface area (Å²) in [5, 5.41) is 10.7. The molecule has 3 aromatic carbocycles. The lowest BCUT2D eigenvalue weighted by Gasteiger charge is -2.26. The topological polar surface area (TPSA) is 114 Å². The lowest BCUT2D eigenvalue weighted by Crippen LogP contribution is -2.39. The molecule has 0 amide bonds. The first-order valence-corrected chi connectivity index (χ1v) is 9.39. The highest BCUT2D eigenvalue weighted by Gasteiger charge is 2.41. The number of nitro benzene ring substituents is 1. The van der Waals surface area contributed by atoms with Crippen LogP contribution in [0.2, 0.25) is 0 Å². The molecule has 0 aromatic heterocycles. The summed E-state index contributed by atoms with van der Waals surface area (Å²) in [6.07, 6.45) is -1.18.